The van der Waals surface area contributed by atoms with Crippen molar-refractivity contribution in [3.05, 3.63) is 28.8 Å². The molecule has 78 valence electrons. The maximum atomic E-state index is 6.22. The van der Waals surface area contributed by atoms with Crippen molar-refractivity contribution in [2.24, 2.45) is 0 Å². The van der Waals surface area contributed by atoms with E-state index in [0.29, 0.717) is 5.92 Å². The maximum Gasteiger partial charge on any atom is 0.138 e. The lowest BCUT2D eigenvalue weighted by molar-refractivity contribution is 0.242. The molecule has 0 aromatic heterocycles. The van der Waals surface area contributed by atoms with Crippen LogP contribution in [-0.2, 0) is 0 Å². The SMILES string of the molecule is CC(C)Oc1cccc(C(C)C)c1Cl. The Morgan fingerprint density at radius 2 is 1.79 bits per heavy atom. The van der Waals surface area contributed by atoms with E-state index in [-0.39, 0.29) is 6.10 Å². The van der Waals surface area contributed by atoms with Gasteiger partial charge < -0.3 is 4.74 Å². The molecule has 1 aromatic rings. The Morgan fingerprint density at radius 3 is 2.29 bits per heavy atom. The van der Waals surface area contributed by atoms with Gasteiger partial charge in [-0.3, -0.25) is 0 Å². The molecule has 0 fully saturated rings. The molecule has 0 radical (unpaired) electrons. The highest BCUT2D eigenvalue weighted by molar-refractivity contribution is 6.32. The van der Waals surface area contributed by atoms with Crippen molar-refractivity contribution in [3.63, 3.8) is 0 Å². The highest BCUT2D eigenvalue weighted by Crippen LogP contribution is 2.32. The minimum atomic E-state index is 0.162. The normalized spacial score (nSPS) is 11.1. The van der Waals surface area contributed by atoms with E-state index < -0.39 is 0 Å². The van der Waals surface area contributed by atoms with Gasteiger partial charge in [0.15, 0.2) is 0 Å². The van der Waals surface area contributed by atoms with Crippen LogP contribution in [0.1, 0.15) is 39.2 Å². The molecule has 0 saturated heterocycles. The quantitative estimate of drug-likeness (QED) is 0.728. The van der Waals surface area contributed by atoms with Crippen LogP contribution < -0.4 is 4.74 Å². The number of hydrogen-bond donors (Lipinski definition) is 0. The summed E-state index contributed by atoms with van der Waals surface area (Å²) in [5.41, 5.74) is 1.14. The fraction of sp³-hybridized carbons (Fsp3) is 0.500. The topological polar surface area (TPSA) is 9.23 Å². The second kappa shape index (κ2) is 4.70. The fourth-order valence-corrected chi connectivity index (χ4v) is 1.71. The van der Waals surface area contributed by atoms with Crippen molar-refractivity contribution in [3.8, 4) is 5.75 Å². The molecule has 0 aliphatic heterocycles. The van der Waals surface area contributed by atoms with Crippen LogP contribution in [0.15, 0.2) is 18.2 Å². The molecule has 0 aliphatic carbocycles. The largest absolute Gasteiger partial charge is 0.489 e. The van der Waals surface area contributed by atoms with Crippen LogP contribution in [-0.4, -0.2) is 6.10 Å². The van der Waals surface area contributed by atoms with Gasteiger partial charge in [0.05, 0.1) is 11.1 Å². The van der Waals surface area contributed by atoms with Gasteiger partial charge in [-0.1, -0.05) is 37.6 Å². The third-order valence-electron chi connectivity index (χ3n) is 1.98. The van der Waals surface area contributed by atoms with Crippen LogP contribution in [0.2, 0.25) is 5.02 Å². The standard InChI is InChI=1S/C12H17ClO/c1-8(2)10-6-5-7-11(12(10)13)14-9(3)4/h5-9H,1-4H3. The summed E-state index contributed by atoms with van der Waals surface area (Å²) in [7, 11) is 0. The summed E-state index contributed by atoms with van der Waals surface area (Å²) < 4.78 is 5.60. The van der Waals surface area contributed by atoms with E-state index >= 15 is 0 Å². The number of hydrogen-bond acceptors (Lipinski definition) is 1. The van der Waals surface area contributed by atoms with Crippen LogP contribution in [0.3, 0.4) is 0 Å². The van der Waals surface area contributed by atoms with E-state index in [1.54, 1.807) is 0 Å². The summed E-state index contributed by atoms with van der Waals surface area (Å²) in [6, 6.07) is 5.94. The predicted octanol–water partition coefficient (Wildman–Crippen LogP) is 4.25. The summed E-state index contributed by atoms with van der Waals surface area (Å²) in [5, 5.41) is 0.746. The molecule has 0 N–H and O–H groups in total. The minimum absolute atomic E-state index is 0.162. The Morgan fingerprint density at radius 1 is 1.14 bits per heavy atom. The number of halogens is 1. The molecule has 0 aliphatic rings. The summed E-state index contributed by atoms with van der Waals surface area (Å²) in [6.07, 6.45) is 0.162. The van der Waals surface area contributed by atoms with E-state index in [4.69, 9.17) is 16.3 Å². The number of rotatable bonds is 3. The molecule has 2 heteroatoms. The summed E-state index contributed by atoms with van der Waals surface area (Å²) >= 11 is 6.22. The average Bonchev–Trinajstić information content (AvgIpc) is 2.07. The van der Waals surface area contributed by atoms with Crippen LogP contribution >= 0.6 is 11.6 Å². The molecule has 0 unspecified atom stereocenters. The lowest BCUT2D eigenvalue weighted by Crippen LogP contribution is -2.06. The molecule has 0 spiro atoms. The van der Waals surface area contributed by atoms with Crippen molar-refractivity contribution >= 4 is 11.6 Å². The lowest BCUT2D eigenvalue weighted by Gasteiger charge is -2.15. The molecule has 0 atom stereocenters. The zero-order valence-electron chi connectivity index (χ0n) is 9.17. The van der Waals surface area contributed by atoms with Gasteiger partial charge in [0.25, 0.3) is 0 Å². The summed E-state index contributed by atoms with van der Waals surface area (Å²) in [6.45, 7) is 8.25. The van der Waals surface area contributed by atoms with Crippen molar-refractivity contribution in [1.82, 2.24) is 0 Å². The number of benzene rings is 1. The van der Waals surface area contributed by atoms with Gasteiger partial charge in [-0.05, 0) is 31.4 Å². The van der Waals surface area contributed by atoms with Crippen molar-refractivity contribution in [2.45, 2.75) is 39.7 Å². The summed E-state index contributed by atoms with van der Waals surface area (Å²) in [4.78, 5) is 0. The zero-order valence-corrected chi connectivity index (χ0v) is 9.93. The Bertz CT molecular complexity index is 305. The van der Waals surface area contributed by atoms with E-state index in [2.05, 4.69) is 13.8 Å². The molecular weight excluding hydrogens is 196 g/mol. The first-order valence-electron chi connectivity index (χ1n) is 4.97. The Labute approximate surface area is 91.0 Å². The highest BCUT2D eigenvalue weighted by atomic mass is 35.5. The first-order valence-corrected chi connectivity index (χ1v) is 5.35. The Hall–Kier alpha value is -0.690. The van der Waals surface area contributed by atoms with Crippen molar-refractivity contribution in [1.29, 1.82) is 0 Å². The lowest BCUT2D eigenvalue weighted by atomic mass is 10.0. The molecule has 1 aromatic carbocycles. The number of ether oxygens (including phenoxy) is 1. The zero-order chi connectivity index (χ0) is 10.7. The molecule has 0 heterocycles. The first kappa shape index (κ1) is 11.4. The Balaban J connectivity index is 3.01. The second-order valence-corrected chi connectivity index (χ2v) is 4.36. The third kappa shape index (κ3) is 2.65. The van der Waals surface area contributed by atoms with E-state index in [0.717, 1.165) is 16.3 Å². The van der Waals surface area contributed by atoms with Crippen LogP contribution in [0.4, 0.5) is 0 Å². The van der Waals surface area contributed by atoms with Gasteiger partial charge in [0.1, 0.15) is 5.75 Å². The van der Waals surface area contributed by atoms with Crippen molar-refractivity contribution in [2.75, 3.05) is 0 Å². The van der Waals surface area contributed by atoms with Gasteiger partial charge in [0.2, 0.25) is 0 Å². The highest BCUT2D eigenvalue weighted by Gasteiger charge is 2.10. The third-order valence-corrected chi connectivity index (χ3v) is 2.38. The van der Waals surface area contributed by atoms with Crippen molar-refractivity contribution < 1.29 is 4.74 Å². The first-order chi connectivity index (χ1) is 6.52. The van der Waals surface area contributed by atoms with Crippen LogP contribution in [0.25, 0.3) is 0 Å². The smallest absolute Gasteiger partial charge is 0.138 e. The van der Waals surface area contributed by atoms with Gasteiger partial charge >= 0.3 is 0 Å². The van der Waals surface area contributed by atoms with Gasteiger partial charge in [-0.2, -0.15) is 0 Å². The van der Waals surface area contributed by atoms with Crippen LogP contribution in [0, 0.1) is 0 Å². The average molecular weight is 213 g/mol. The fourth-order valence-electron chi connectivity index (χ4n) is 1.32. The molecule has 14 heavy (non-hydrogen) atoms. The second-order valence-electron chi connectivity index (χ2n) is 3.98. The molecule has 1 rings (SSSR count). The Kier molecular flexibility index (Phi) is 3.82. The monoisotopic (exact) mass is 212 g/mol. The molecule has 0 saturated carbocycles. The molecule has 0 amide bonds. The molecule has 0 bridgehead atoms. The van der Waals surface area contributed by atoms with Gasteiger partial charge in [0, 0.05) is 0 Å². The molecule has 1 nitrogen and oxygen atoms in total. The maximum absolute atomic E-state index is 6.22. The van der Waals surface area contributed by atoms with E-state index in [1.165, 1.54) is 0 Å². The molecular formula is C12H17ClO. The van der Waals surface area contributed by atoms with E-state index in [1.807, 2.05) is 32.0 Å². The van der Waals surface area contributed by atoms with Gasteiger partial charge in [-0.15, -0.1) is 0 Å². The van der Waals surface area contributed by atoms with Crippen LogP contribution in [0.5, 0.6) is 5.75 Å². The minimum Gasteiger partial charge on any atom is -0.489 e. The van der Waals surface area contributed by atoms with Gasteiger partial charge in [-0.25, -0.2) is 0 Å². The predicted molar refractivity (Wildman–Crippen MR) is 61.3 cm³/mol. The summed E-state index contributed by atoms with van der Waals surface area (Å²) in [5.74, 6) is 1.21. The van der Waals surface area contributed by atoms with E-state index in [9.17, 15) is 0 Å².